The number of fused-ring (bicyclic) bond motifs is 2. The van der Waals surface area contributed by atoms with E-state index in [2.05, 4.69) is 20.2 Å². The first kappa shape index (κ1) is 23.8. The fourth-order valence-electron chi connectivity index (χ4n) is 5.03. The maximum Gasteiger partial charge on any atom is 0.261 e. The first-order valence-electron chi connectivity index (χ1n) is 12.5. The molecule has 1 aliphatic heterocycles. The van der Waals surface area contributed by atoms with Crippen molar-refractivity contribution in [1.29, 1.82) is 0 Å². The molecular weight excluding hydrogens is 490 g/mol. The van der Waals surface area contributed by atoms with Crippen molar-refractivity contribution in [2.24, 2.45) is 0 Å². The van der Waals surface area contributed by atoms with Crippen LogP contribution in [0.5, 0.6) is 0 Å². The number of imidazole rings is 1. The minimum Gasteiger partial charge on any atom is -0.462 e. The number of rotatable bonds is 8. The number of hydrogen-bond donors (Lipinski definition) is 2. The Labute approximate surface area is 217 Å². The molecule has 5 aromatic heterocycles. The highest BCUT2D eigenvalue weighted by molar-refractivity contribution is 7.15. The summed E-state index contributed by atoms with van der Waals surface area (Å²) in [6, 6.07) is 7.79. The number of likely N-dealkylation sites (tertiary alicyclic amines) is 1. The summed E-state index contributed by atoms with van der Waals surface area (Å²) in [7, 11) is 0. The number of hydrogen-bond acceptors (Lipinski definition) is 9. The summed E-state index contributed by atoms with van der Waals surface area (Å²) in [6.45, 7) is 5.02. The molecule has 0 radical (unpaired) electrons. The third-order valence-corrected chi connectivity index (χ3v) is 7.81. The van der Waals surface area contributed by atoms with E-state index in [0.29, 0.717) is 18.7 Å². The minimum absolute atomic E-state index is 0.0514. The smallest absolute Gasteiger partial charge is 0.261 e. The number of furan rings is 1. The van der Waals surface area contributed by atoms with E-state index in [9.17, 15) is 9.90 Å². The van der Waals surface area contributed by atoms with Crippen LogP contribution in [0.1, 0.15) is 35.6 Å². The zero-order chi connectivity index (χ0) is 25.4. The fraction of sp³-hybridized carbons (Fsp3) is 0.385. The average Bonchev–Trinajstić information content (AvgIpc) is 3.64. The van der Waals surface area contributed by atoms with Gasteiger partial charge >= 0.3 is 0 Å². The monoisotopic (exact) mass is 519 g/mol. The van der Waals surface area contributed by atoms with Gasteiger partial charge < -0.3 is 19.7 Å². The standard InChI is InChI=1S/C26H29N7O3S/c1-17-21(24(35)32-13-14-37-26(32)28-17)8-12-31-10-6-18(7-11-31)29-25-30-22-3-2-9-27-23(22)33(25)15-19-4-5-20(16-34)36-19/h2-5,9,13-14,18,34H,6-8,10-12,15-16H2,1H3,(H,29,30). The molecular formula is C26H29N7O3S. The second kappa shape index (κ2) is 10.1. The minimum atomic E-state index is -0.125. The van der Waals surface area contributed by atoms with E-state index in [1.165, 1.54) is 11.3 Å². The maximum atomic E-state index is 12.9. The summed E-state index contributed by atoms with van der Waals surface area (Å²) in [5.41, 5.74) is 3.31. The Bertz CT molecular complexity index is 1590. The number of aryl methyl sites for hydroxylation is 1. The molecule has 192 valence electrons. The lowest BCUT2D eigenvalue weighted by molar-refractivity contribution is 0.220. The number of pyridine rings is 1. The molecule has 1 aliphatic rings. The maximum absolute atomic E-state index is 12.9. The molecule has 0 spiro atoms. The van der Waals surface area contributed by atoms with Crippen LogP contribution in [0.15, 0.2) is 51.3 Å². The van der Waals surface area contributed by atoms with Crippen LogP contribution in [-0.4, -0.2) is 59.6 Å². The third kappa shape index (κ3) is 4.77. The van der Waals surface area contributed by atoms with Gasteiger partial charge in [-0.05, 0) is 50.5 Å². The van der Waals surface area contributed by atoms with Crippen LogP contribution >= 0.6 is 11.3 Å². The molecule has 0 atom stereocenters. The molecule has 10 nitrogen and oxygen atoms in total. The Kier molecular flexibility index (Phi) is 6.49. The van der Waals surface area contributed by atoms with Gasteiger partial charge in [-0.2, -0.15) is 0 Å². The summed E-state index contributed by atoms with van der Waals surface area (Å²) in [5, 5.41) is 14.9. The van der Waals surface area contributed by atoms with E-state index in [4.69, 9.17) is 9.40 Å². The molecule has 1 saturated heterocycles. The van der Waals surface area contributed by atoms with Gasteiger partial charge in [0, 0.05) is 54.7 Å². The van der Waals surface area contributed by atoms with Crippen LogP contribution in [0.2, 0.25) is 0 Å². The number of anilines is 1. The Morgan fingerprint density at radius 1 is 1.19 bits per heavy atom. The lowest BCUT2D eigenvalue weighted by Gasteiger charge is -2.32. The lowest BCUT2D eigenvalue weighted by Crippen LogP contribution is -2.40. The molecule has 2 N–H and O–H groups in total. The molecule has 0 aliphatic carbocycles. The lowest BCUT2D eigenvalue weighted by atomic mass is 10.0. The average molecular weight is 520 g/mol. The zero-order valence-corrected chi connectivity index (χ0v) is 21.4. The van der Waals surface area contributed by atoms with Crippen molar-refractivity contribution in [2.45, 2.75) is 45.4 Å². The normalized spacial score (nSPS) is 15.2. The Hall–Kier alpha value is -3.54. The first-order chi connectivity index (χ1) is 18.1. The SMILES string of the molecule is Cc1nc2sccn2c(=O)c1CCN1CCC(Nc2nc3cccnc3n2Cc2ccc(CO)o2)CC1. The van der Waals surface area contributed by atoms with E-state index in [-0.39, 0.29) is 18.2 Å². The number of piperidine rings is 1. The van der Waals surface area contributed by atoms with Gasteiger partial charge in [-0.15, -0.1) is 11.3 Å². The second-order valence-corrected chi connectivity index (χ2v) is 10.3. The van der Waals surface area contributed by atoms with Gasteiger partial charge in [0.25, 0.3) is 5.56 Å². The zero-order valence-electron chi connectivity index (χ0n) is 20.6. The topological polar surface area (TPSA) is 114 Å². The predicted molar refractivity (Wildman–Crippen MR) is 142 cm³/mol. The van der Waals surface area contributed by atoms with Gasteiger partial charge in [-0.25, -0.2) is 15.0 Å². The van der Waals surface area contributed by atoms with E-state index in [0.717, 1.165) is 71.6 Å². The largest absolute Gasteiger partial charge is 0.462 e. The molecule has 6 rings (SSSR count). The van der Waals surface area contributed by atoms with Crippen LogP contribution in [0.25, 0.3) is 16.1 Å². The molecule has 37 heavy (non-hydrogen) atoms. The van der Waals surface area contributed by atoms with Gasteiger partial charge in [0.2, 0.25) is 5.95 Å². The molecule has 11 heteroatoms. The van der Waals surface area contributed by atoms with Crippen LogP contribution in [0.3, 0.4) is 0 Å². The fourth-order valence-corrected chi connectivity index (χ4v) is 5.78. The quantitative estimate of drug-likeness (QED) is 0.322. The second-order valence-electron chi connectivity index (χ2n) is 9.44. The van der Waals surface area contributed by atoms with Crippen molar-refractivity contribution in [3.8, 4) is 0 Å². The van der Waals surface area contributed by atoms with Gasteiger partial charge in [0.05, 0.1) is 6.54 Å². The Morgan fingerprint density at radius 2 is 2.03 bits per heavy atom. The van der Waals surface area contributed by atoms with Crippen molar-refractivity contribution >= 4 is 33.4 Å². The summed E-state index contributed by atoms with van der Waals surface area (Å²) in [5.74, 6) is 2.05. The van der Waals surface area contributed by atoms with Gasteiger partial charge in [-0.1, -0.05) is 0 Å². The number of thiazole rings is 1. The summed E-state index contributed by atoms with van der Waals surface area (Å²) in [4.78, 5) is 30.0. The third-order valence-electron chi connectivity index (χ3n) is 7.06. The number of nitrogens with zero attached hydrogens (tertiary/aromatic N) is 6. The summed E-state index contributed by atoms with van der Waals surface area (Å²) in [6.07, 6.45) is 6.23. The van der Waals surface area contributed by atoms with Crippen molar-refractivity contribution in [1.82, 2.24) is 28.8 Å². The van der Waals surface area contributed by atoms with Crippen molar-refractivity contribution in [3.63, 3.8) is 0 Å². The molecule has 0 bridgehead atoms. The Balaban J connectivity index is 1.11. The van der Waals surface area contributed by atoms with Gasteiger partial charge in [0.15, 0.2) is 10.6 Å². The van der Waals surface area contributed by atoms with Crippen molar-refractivity contribution in [3.05, 3.63) is 75.2 Å². The molecule has 1 fully saturated rings. The summed E-state index contributed by atoms with van der Waals surface area (Å²) >= 11 is 1.48. The molecule has 0 amide bonds. The molecule has 6 heterocycles. The molecule has 0 aromatic carbocycles. The van der Waals surface area contributed by atoms with Crippen molar-refractivity contribution in [2.75, 3.05) is 25.0 Å². The van der Waals surface area contributed by atoms with E-state index >= 15 is 0 Å². The van der Waals surface area contributed by atoms with Gasteiger partial charge in [0.1, 0.15) is 23.6 Å². The molecule has 0 unspecified atom stereocenters. The highest BCUT2D eigenvalue weighted by Crippen LogP contribution is 2.23. The first-order valence-corrected chi connectivity index (χ1v) is 13.4. The highest BCUT2D eigenvalue weighted by atomic mass is 32.1. The van der Waals surface area contributed by atoms with Crippen LogP contribution in [-0.2, 0) is 19.6 Å². The van der Waals surface area contributed by atoms with Crippen LogP contribution in [0, 0.1) is 6.92 Å². The van der Waals surface area contributed by atoms with E-state index in [1.807, 2.05) is 35.1 Å². The summed E-state index contributed by atoms with van der Waals surface area (Å²) < 4.78 is 9.41. The van der Waals surface area contributed by atoms with Gasteiger partial charge in [-0.3, -0.25) is 13.8 Å². The number of aromatic nitrogens is 5. The van der Waals surface area contributed by atoms with Crippen LogP contribution in [0.4, 0.5) is 5.95 Å². The molecule has 5 aromatic rings. The van der Waals surface area contributed by atoms with E-state index < -0.39 is 0 Å². The number of aliphatic hydroxyl groups excluding tert-OH is 1. The Morgan fingerprint density at radius 3 is 2.84 bits per heavy atom. The van der Waals surface area contributed by atoms with Crippen LogP contribution < -0.4 is 10.9 Å². The number of aliphatic hydroxyl groups is 1. The number of nitrogens with one attached hydrogen (secondary N) is 1. The molecule has 0 saturated carbocycles. The van der Waals surface area contributed by atoms with E-state index in [1.54, 1.807) is 22.9 Å². The highest BCUT2D eigenvalue weighted by Gasteiger charge is 2.23. The van der Waals surface area contributed by atoms with Crippen molar-refractivity contribution < 1.29 is 9.52 Å². The predicted octanol–water partition coefficient (Wildman–Crippen LogP) is 3.06.